The average Bonchev–Trinajstić information content (AvgIpc) is 0.793. The third-order valence-electron chi connectivity index (χ3n) is 10.4. The predicted octanol–water partition coefficient (Wildman–Crippen LogP) is 2.09. The number of non-ortho nitro benzene ring substituents is 3. The topological polar surface area (TPSA) is 996 Å². The normalized spacial score (nSPS) is 10.6. The molecule has 73 nitrogen and oxygen atoms in total. The van der Waals surface area contributed by atoms with Crippen molar-refractivity contribution in [3.63, 3.8) is 0 Å². The maximum Gasteiger partial charge on any atom is 0.324 e. The number of anilines is 1. The van der Waals surface area contributed by atoms with Gasteiger partial charge in [0.1, 0.15) is 48.0 Å². The van der Waals surface area contributed by atoms with Crippen LogP contribution in [-0.2, 0) is 33.9 Å². The number of hydrogen-bond donors (Lipinski definition) is 2. The van der Waals surface area contributed by atoms with Crippen LogP contribution in [0.2, 0.25) is 2.82 Å². The van der Waals surface area contributed by atoms with Crippen molar-refractivity contribution in [3.8, 4) is 5.75 Å². The summed E-state index contributed by atoms with van der Waals surface area (Å²) in [6.45, 7) is -6.43. The quantitative estimate of drug-likeness (QED) is 0.0638. The number of nitrogens with zero attached hydrogens (tertiary/aromatic N) is 24. The van der Waals surface area contributed by atoms with E-state index in [1.807, 2.05) is 0 Å². The molecule has 0 spiro atoms. The average molecular weight is 1580 g/mol. The Hall–Kier alpha value is -16.8. The molecule has 0 amide bonds. The number of hydrogen-bond acceptors (Lipinski definition) is 49. The Morgan fingerprint density at radius 3 is 0.813 bits per heavy atom. The number of phenolic OH excluding ortho intramolecular Hbond substituents is 1. The number of phenols is 1. The van der Waals surface area contributed by atoms with Crippen molar-refractivity contribution in [2.24, 2.45) is 5.41 Å². The van der Waals surface area contributed by atoms with Crippen LogP contribution in [0.1, 0.15) is 27.8 Å². The summed E-state index contributed by atoms with van der Waals surface area (Å²) >= 11 is 0. The van der Waals surface area contributed by atoms with Gasteiger partial charge in [-0.2, -0.15) is 0 Å². The fourth-order valence-corrected chi connectivity index (χ4v) is 6.05. The highest BCUT2D eigenvalue weighted by Gasteiger charge is 2.41. The second-order valence-electron chi connectivity index (χ2n) is 17.0. The number of nitro groups is 13. The standard InChI is InChI=1S/C7H5N5O8.C7H5N3O6.C6H3N3O7.C5H8N4O12.C3H6N6O6.C3H5N3O9.3CH4.H3N/c1-8(12(19)20)7-5(10(15)16)2-4(9(13)14)3-6(7)11(17)18;1-4-6(9(13)14)2-5(8(11)12)3-7(4)10(15)16;10-6-4(8(13)14)1-3(7(11)12)2-5(6)9(15)16;10-6(11)18-1-5(2-19-7(12)13,3-20-8(14)15)4-21-9(16)17;10-7(11)4-1-5(8(12)13)3-6(2-4)9(14)15;7-4(8)13-1-3(15-6(11)12)2-14-5(9)10;;;;/h2-3H,1H3;2-3H,1H3;1-2,10H;1-4H2;1-3H2;3H,1-2H2;3*1H4;1H3/i/hT2. The Labute approximate surface area is 582 Å². The van der Waals surface area contributed by atoms with Crippen molar-refractivity contribution >= 4 is 56.9 Å². The van der Waals surface area contributed by atoms with Gasteiger partial charge in [0.15, 0.2) is 26.2 Å². The molecule has 0 saturated carbocycles. The Morgan fingerprint density at radius 1 is 0.402 bits per heavy atom. The monoisotopic (exact) mass is 1580 g/mol. The Bertz CT molecular complexity index is 3510. The largest absolute Gasteiger partial charge is 0.497 e. The van der Waals surface area contributed by atoms with Crippen molar-refractivity contribution in [3.05, 3.63) is 244 Å². The smallest absolute Gasteiger partial charge is 0.324 e. The lowest BCUT2D eigenvalue weighted by Crippen LogP contribution is -2.59. The third kappa shape index (κ3) is 36.0. The van der Waals surface area contributed by atoms with Gasteiger partial charge in [0.25, 0.3) is 75.5 Å². The molecule has 0 unspecified atom stereocenters. The molecule has 0 aliphatic carbocycles. The van der Waals surface area contributed by atoms with E-state index in [-0.39, 0.29) is 32.9 Å². The third-order valence-corrected chi connectivity index (χ3v) is 10.4. The summed E-state index contributed by atoms with van der Waals surface area (Å²) in [5, 5.41) is 204. The Kier molecular flexibility index (Phi) is 42.0. The molecule has 4 rings (SSSR count). The van der Waals surface area contributed by atoms with E-state index in [2.05, 4.69) is 33.9 Å². The zero-order valence-electron chi connectivity index (χ0n) is 51.8. The predicted molar refractivity (Wildman–Crippen MR) is 319 cm³/mol. The molecule has 596 valence electrons. The maximum atomic E-state index is 10.8. The van der Waals surface area contributed by atoms with E-state index in [0.29, 0.717) is 51.4 Å². The molecule has 73 heteroatoms. The van der Waals surface area contributed by atoms with Gasteiger partial charge in [-0.25, -0.2) is 40.5 Å². The van der Waals surface area contributed by atoms with Gasteiger partial charge in [-0.05, 0) is 6.92 Å². The number of rotatable bonds is 34. The maximum absolute atomic E-state index is 10.8. The van der Waals surface area contributed by atoms with Crippen LogP contribution in [0, 0.1) is 215 Å². The number of nitro benzene ring substituents is 9. The molecule has 1 heterocycles. The summed E-state index contributed by atoms with van der Waals surface area (Å²) < 4.78 is 11.2. The summed E-state index contributed by atoms with van der Waals surface area (Å²) in [6.07, 6.45) is -0.296. The number of hydrazine groups is 4. The highest BCUT2D eigenvalue weighted by atomic mass is 17.0. The van der Waals surface area contributed by atoms with E-state index in [0.717, 1.165) is 7.05 Å². The van der Waals surface area contributed by atoms with Crippen LogP contribution in [0.25, 0.3) is 0 Å². The Morgan fingerprint density at radius 2 is 0.626 bits per heavy atom. The highest BCUT2D eigenvalue weighted by Crippen LogP contribution is 2.41. The molecule has 1 fully saturated rings. The fraction of sp³-hybridized carbons (Fsp3) is 0.471. The molecule has 3 aromatic carbocycles. The second-order valence-corrected chi connectivity index (χ2v) is 17.0. The minimum atomic E-state index is -2.03. The van der Waals surface area contributed by atoms with Crippen LogP contribution < -0.4 is 11.1 Å². The molecule has 1 saturated heterocycles. The molecule has 107 heavy (non-hydrogen) atoms. The van der Waals surface area contributed by atoms with Crippen molar-refractivity contribution in [1.82, 2.24) is 21.2 Å². The van der Waals surface area contributed by atoms with E-state index in [9.17, 15) is 202 Å². The van der Waals surface area contributed by atoms with Gasteiger partial charge in [-0.1, -0.05) is 42.3 Å². The van der Waals surface area contributed by atoms with E-state index < -0.39 is 234 Å². The van der Waals surface area contributed by atoms with Crippen molar-refractivity contribution in [2.45, 2.75) is 35.3 Å². The molecular formula is C34H47N25O48. The Balaban J connectivity index is -0.000000289. The summed E-state index contributed by atoms with van der Waals surface area (Å²) in [5.41, 5.74) is -11.3. The van der Waals surface area contributed by atoms with Gasteiger partial charge >= 0.3 is 22.7 Å². The molecule has 1 aliphatic rings. The van der Waals surface area contributed by atoms with Crippen LogP contribution in [0.4, 0.5) is 56.9 Å². The van der Waals surface area contributed by atoms with E-state index in [1.165, 1.54) is 13.1 Å². The zero-order valence-corrected chi connectivity index (χ0v) is 49.8. The number of aromatic hydroxyl groups is 1. The first-order valence-electron chi connectivity index (χ1n) is 24.8. The molecule has 3 aromatic rings. The van der Waals surface area contributed by atoms with Crippen LogP contribution >= 0.6 is 0 Å². The molecule has 1 aliphatic heterocycles. The van der Waals surface area contributed by atoms with Crippen molar-refractivity contribution in [2.75, 3.05) is 71.7 Å². The van der Waals surface area contributed by atoms with Gasteiger partial charge < -0.3 is 45.1 Å². The van der Waals surface area contributed by atoms with E-state index in [1.54, 1.807) is 0 Å². The molecular weight excluding hydrogens is 1530 g/mol. The lowest BCUT2D eigenvalue weighted by atomic mass is 9.92. The first kappa shape index (κ1) is 96.6. The van der Waals surface area contributed by atoms with Crippen molar-refractivity contribution < 1.29 is 142 Å². The summed E-state index contributed by atoms with van der Waals surface area (Å²) in [4.78, 5) is 224. The summed E-state index contributed by atoms with van der Waals surface area (Å²) in [6, 6.07) is 3.12. The zero-order chi connectivity index (χ0) is 83.1. The van der Waals surface area contributed by atoms with Gasteiger partial charge in [-0.15, -0.1) is 70.8 Å². The first-order chi connectivity index (χ1) is 48.8. The fourth-order valence-electron chi connectivity index (χ4n) is 6.05. The van der Waals surface area contributed by atoms with Crippen molar-refractivity contribution in [1.29, 1.82) is 0 Å². The second kappa shape index (κ2) is 46.5. The van der Waals surface area contributed by atoms with Crippen LogP contribution in [0.15, 0.2) is 36.4 Å². The first-order valence-corrected chi connectivity index (χ1v) is 23.8. The summed E-state index contributed by atoms with van der Waals surface area (Å²) in [5.74, 6) is -1.21. The minimum absolute atomic E-state index is 0. The molecule has 0 atom stereocenters. The lowest BCUT2D eigenvalue weighted by Gasteiger charge is -2.28. The van der Waals surface area contributed by atoms with E-state index in [4.69, 9.17) is 7.93 Å². The van der Waals surface area contributed by atoms with Gasteiger partial charge in [0.2, 0.25) is 20.0 Å². The molecule has 0 radical (unpaired) electrons. The van der Waals surface area contributed by atoms with Gasteiger partial charge in [-0.3, -0.25) is 91.0 Å². The highest BCUT2D eigenvalue weighted by molar-refractivity contribution is 5.77. The van der Waals surface area contributed by atoms with Gasteiger partial charge in [0.05, 0.1) is 93.2 Å². The molecule has 0 bridgehead atoms. The van der Waals surface area contributed by atoms with Crippen LogP contribution in [-0.4, -0.2) is 193 Å². The van der Waals surface area contributed by atoms with Crippen LogP contribution in [0.5, 0.6) is 5.75 Å². The van der Waals surface area contributed by atoms with Crippen LogP contribution in [0.3, 0.4) is 0 Å². The number of benzene rings is 3. The van der Waals surface area contributed by atoms with Gasteiger partial charge in [0, 0.05) is 0 Å². The molecule has 0 aromatic heterocycles. The van der Waals surface area contributed by atoms with E-state index >= 15 is 0 Å². The lowest BCUT2D eigenvalue weighted by molar-refractivity contribution is -0.803. The molecule has 4 N–H and O–H groups in total. The minimum Gasteiger partial charge on any atom is -0.497 e. The SMILES string of the molecule is C.C.C.CN(c1c([N+](=O)[O-])cc([N+](=O)[O-])cc1[N+](=O)[O-])[N+](=O)[O-].Cc1c([N+](=O)[O-])cc([N+](=O)[O-])cc1[N+](=O)[O-].O=[N+]([O-])N1CN([N+](=O)[O-])CN([N+](=O)[O-])C1.O=[N+]([O-])OCC(CO[N+](=O)[O-])(CO[N+](=O)[O-])CO[N+](=O)[O-].O=[N+]([O-])OCC(CO[N+](=O)[O-])O[N+](=O)[O-].O=[N+]([O-])c1cc([N+](=O)[O-])c(O)c([N+](=O)[O-])c1.[3H]N[3H]. The summed E-state index contributed by atoms with van der Waals surface area (Å²) in [7, 11) is 0.751.